The Kier molecular flexibility index (Phi) is 4.93. The molecule has 1 aliphatic heterocycles. The van der Waals surface area contributed by atoms with Gasteiger partial charge in [-0.15, -0.1) is 0 Å². The summed E-state index contributed by atoms with van der Waals surface area (Å²) in [6.07, 6.45) is -0.133. The molecule has 21 heavy (non-hydrogen) atoms. The minimum Gasteiger partial charge on any atom is -0.480 e. The van der Waals surface area contributed by atoms with E-state index in [1.165, 1.54) is 0 Å². The molecule has 118 valence electrons. The lowest BCUT2D eigenvalue weighted by Crippen LogP contribution is -2.45. The van der Waals surface area contributed by atoms with E-state index in [-0.39, 0.29) is 18.9 Å². The molecule has 1 aliphatic rings. The number of nitrogens with one attached hydrogen (secondary N) is 2. The summed E-state index contributed by atoms with van der Waals surface area (Å²) in [6, 6.07) is -1.53. The molecule has 1 fully saturated rings. The quantitative estimate of drug-likeness (QED) is 0.594. The zero-order chi connectivity index (χ0) is 16.4. The fourth-order valence-corrected chi connectivity index (χ4v) is 1.99. The summed E-state index contributed by atoms with van der Waals surface area (Å²) in [5.74, 6) is -2.29. The number of carbonyl (C=O) groups excluding carboxylic acids is 3. The largest absolute Gasteiger partial charge is 0.480 e. The molecule has 4 amide bonds. The topological polar surface area (TPSA) is 116 Å². The summed E-state index contributed by atoms with van der Waals surface area (Å²) in [6.45, 7) is 6.43. The van der Waals surface area contributed by atoms with Crippen molar-refractivity contribution in [3.05, 3.63) is 0 Å². The van der Waals surface area contributed by atoms with Crippen molar-refractivity contribution in [2.75, 3.05) is 6.54 Å². The van der Waals surface area contributed by atoms with E-state index < -0.39 is 35.4 Å². The van der Waals surface area contributed by atoms with Crippen molar-refractivity contribution in [1.29, 1.82) is 0 Å². The fourth-order valence-electron chi connectivity index (χ4n) is 1.99. The van der Waals surface area contributed by atoms with Gasteiger partial charge in [-0.1, -0.05) is 13.8 Å². The Bertz CT molecular complexity index is 472. The Morgan fingerprint density at radius 2 is 1.90 bits per heavy atom. The van der Waals surface area contributed by atoms with Crippen LogP contribution in [0.15, 0.2) is 0 Å². The van der Waals surface area contributed by atoms with Crippen LogP contribution in [0.2, 0.25) is 0 Å². The van der Waals surface area contributed by atoms with E-state index in [1.54, 1.807) is 27.7 Å². The molecule has 3 N–H and O–H groups in total. The van der Waals surface area contributed by atoms with Crippen LogP contribution < -0.4 is 10.6 Å². The van der Waals surface area contributed by atoms with Gasteiger partial charge in [0.25, 0.3) is 5.91 Å². The first-order valence-corrected chi connectivity index (χ1v) is 6.72. The highest BCUT2D eigenvalue weighted by molar-refractivity contribution is 6.06. The van der Waals surface area contributed by atoms with E-state index in [9.17, 15) is 19.2 Å². The van der Waals surface area contributed by atoms with E-state index in [1.807, 2.05) is 0 Å². The maximum absolute atomic E-state index is 11.9. The molecule has 0 saturated carbocycles. The zero-order valence-corrected chi connectivity index (χ0v) is 12.6. The monoisotopic (exact) mass is 299 g/mol. The number of hydrogen-bond donors (Lipinski definition) is 3. The molecule has 1 heterocycles. The maximum atomic E-state index is 11.9. The summed E-state index contributed by atoms with van der Waals surface area (Å²) in [7, 11) is 0. The van der Waals surface area contributed by atoms with Crippen LogP contribution in [0.4, 0.5) is 4.79 Å². The molecule has 1 rings (SSSR count). The molecule has 0 radical (unpaired) electrons. The number of aliphatic carboxylic acids is 1. The number of amides is 4. The van der Waals surface area contributed by atoms with E-state index in [4.69, 9.17) is 5.11 Å². The van der Waals surface area contributed by atoms with Crippen molar-refractivity contribution in [2.45, 2.75) is 45.7 Å². The van der Waals surface area contributed by atoms with Crippen LogP contribution in [0.1, 0.15) is 34.1 Å². The summed E-state index contributed by atoms with van der Waals surface area (Å²) in [4.78, 5) is 47.2. The molecule has 0 aromatic rings. The lowest BCUT2D eigenvalue weighted by Gasteiger charge is -2.19. The predicted molar refractivity (Wildman–Crippen MR) is 73.3 cm³/mol. The standard InChI is InChI=1S/C13H21N3O5/c1-7(2)9(10(18)19)14-8(17)5-6-16-11(20)13(3,4)15-12(16)21/h7,9H,5-6H2,1-4H3,(H,14,17)(H,15,21)(H,18,19). The summed E-state index contributed by atoms with van der Waals surface area (Å²) in [5, 5.41) is 13.9. The van der Waals surface area contributed by atoms with Crippen molar-refractivity contribution < 1.29 is 24.3 Å². The lowest BCUT2D eigenvalue weighted by atomic mass is 10.0. The second-order valence-electron chi connectivity index (χ2n) is 5.89. The second kappa shape index (κ2) is 6.11. The smallest absolute Gasteiger partial charge is 0.326 e. The van der Waals surface area contributed by atoms with Crippen molar-refractivity contribution >= 4 is 23.8 Å². The summed E-state index contributed by atoms with van der Waals surface area (Å²) in [5.41, 5.74) is -0.977. The van der Waals surface area contributed by atoms with Gasteiger partial charge in [-0.05, 0) is 19.8 Å². The Hall–Kier alpha value is -2.12. The molecule has 8 nitrogen and oxygen atoms in total. The number of carboxylic acid groups (broad SMARTS) is 1. The minimum atomic E-state index is -1.12. The Balaban J connectivity index is 2.56. The van der Waals surface area contributed by atoms with Crippen LogP contribution in [-0.2, 0) is 14.4 Å². The highest BCUT2D eigenvalue weighted by Gasteiger charge is 2.44. The van der Waals surface area contributed by atoms with Crippen molar-refractivity contribution in [1.82, 2.24) is 15.5 Å². The van der Waals surface area contributed by atoms with Gasteiger partial charge in [0.1, 0.15) is 11.6 Å². The van der Waals surface area contributed by atoms with Crippen LogP contribution in [0.3, 0.4) is 0 Å². The zero-order valence-electron chi connectivity index (χ0n) is 12.6. The van der Waals surface area contributed by atoms with Gasteiger partial charge in [0.05, 0.1) is 0 Å². The van der Waals surface area contributed by atoms with Gasteiger partial charge in [-0.2, -0.15) is 0 Å². The molecule has 1 atom stereocenters. The summed E-state index contributed by atoms with van der Waals surface area (Å²) >= 11 is 0. The molecule has 1 unspecified atom stereocenters. The average Bonchev–Trinajstić information content (AvgIpc) is 2.52. The number of urea groups is 1. The molecular weight excluding hydrogens is 278 g/mol. The van der Waals surface area contributed by atoms with Crippen LogP contribution >= 0.6 is 0 Å². The van der Waals surface area contributed by atoms with Crippen LogP contribution in [0.25, 0.3) is 0 Å². The normalized spacial score (nSPS) is 18.6. The molecular formula is C13H21N3O5. The highest BCUT2D eigenvalue weighted by Crippen LogP contribution is 2.16. The molecule has 1 saturated heterocycles. The third-order valence-electron chi connectivity index (χ3n) is 3.26. The number of hydrogen-bond acceptors (Lipinski definition) is 4. The van der Waals surface area contributed by atoms with Crippen LogP contribution in [0.5, 0.6) is 0 Å². The van der Waals surface area contributed by atoms with Crippen molar-refractivity contribution in [2.24, 2.45) is 5.92 Å². The first kappa shape index (κ1) is 16.9. The average molecular weight is 299 g/mol. The lowest BCUT2D eigenvalue weighted by molar-refractivity contribution is -0.143. The predicted octanol–water partition coefficient (Wildman–Crippen LogP) is -0.0677. The van der Waals surface area contributed by atoms with Crippen molar-refractivity contribution in [3.8, 4) is 0 Å². The van der Waals surface area contributed by atoms with Gasteiger partial charge >= 0.3 is 12.0 Å². The third-order valence-corrected chi connectivity index (χ3v) is 3.26. The number of carboxylic acids is 1. The number of nitrogens with zero attached hydrogens (tertiary/aromatic N) is 1. The van der Waals surface area contributed by atoms with Gasteiger partial charge in [0.2, 0.25) is 5.91 Å². The number of carbonyl (C=O) groups is 4. The van der Waals surface area contributed by atoms with E-state index in [0.29, 0.717) is 0 Å². The fraction of sp³-hybridized carbons (Fsp3) is 0.692. The van der Waals surface area contributed by atoms with Crippen LogP contribution in [-0.4, -0.2) is 51.9 Å². The molecule has 0 aliphatic carbocycles. The Morgan fingerprint density at radius 1 is 1.33 bits per heavy atom. The molecule has 8 heteroatoms. The van der Waals surface area contributed by atoms with Gasteiger partial charge in [0, 0.05) is 13.0 Å². The van der Waals surface area contributed by atoms with E-state index in [2.05, 4.69) is 10.6 Å². The second-order valence-corrected chi connectivity index (χ2v) is 5.89. The van der Waals surface area contributed by atoms with Gasteiger partial charge in [-0.3, -0.25) is 14.5 Å². The Morgan fingerprint density at radius 3 is 2.29 bits per heavy atom. The summed E-state index contributed by atoms with van der Waals surface area (Å²) < 4.78 is 0. The SMILES string of the molecule is CC(C)C(NC(=O)CCN1C(=O)NC(C)(C)C1=O)C(=O)O. The molecule has 0 bridgehead atoms. The Labute approximate surface area is 122 Å². The van der Waals surface area contributed by atoms with Gasteiger partial charge in [-0.25, -0.2) is 9.59 Å². The number of imide groups is 1. The van der Waals surface area contributed by atoms with Gasteiger partial charge in [0.15, 0.2) is 0 Å². The maximum Gasteiger partial charge on any atom is 0.326 e. The van der Waals surface area contributed by atoms with Gasteiger partial charge < -0.3 is 15.7 Å². The first-order chi connectivity index (χ1) is 9.56. The first-order valence-electron chi connectivity index (χ1n) is 6.72. The minimum absolute atomic E-state index is 0.0790. The number of rotatable bonds is 6. The molecule has 0 aromatic carbocycles. The van der Waals surface area contributed by atoms with Crippen molar-refractivity contribution in [3.63, 3.8) is 0 Å². The van der Waals surface area contributed by atoms with E-state index >= 15 is 0 Å². The highest BCUT2D eigenvalue weighted by atomic mass is 16.4. The van der Waals surface area contributed by atoms with E-state index in [0.717, 1.165) is 4.90 Å². The molecule has 0 spiro atoms. The van der Waals surface area contributed by atoms with Crippen LogP contribution in [0, 0.1) is 5.92 Å². The molecule has 0 aromatic heterocycles. The third kappa shape index (κ3) is 3.93.